The number of carbonyl (C=O) groups is 2. The van der Waals surface area contributed by atoms with Crippen molar-refractivity contribution in [2.45, 2.75) is 45.7 Å². The van der Waals surface area contributed by atoms with Gasteiger partial charge >= 0.3 is 5.97 Å². The first-order valence-electron chi connectivity index (χ1n) is 5.93. The average Bonchev–Trinajstić information content (AvgIpc) is 2.25. The Morgan fingerprint density at radius 2 is 1.89 bits per heavy atom. The molecule has 0 aromatic heterocycles. The van der Waals surface area contributed by atoms with Gasteiger partial charge in [-0.25, -0.2) is 0 Å². The van der Waals surface area contributed by atoms with E-state index in [0.717, 1.165) is 5.57 Å². The summed E-state index contributed by atoms with van der Waals surface area (Å²) in [5, 5.41) is 11.9. The van der Waals surface area contributed by atoms with Crippen LogP contribution in [-0.4, -0.2) is 29.1 Å². The van der Waals surface area contributed by atoms with E-state index in [0.29, 0.717) is 12.8 Å². The average molecular weight is 257 g/mol. The number of carbonyl (C=O) groups excluding carboxylic acids is 1. The zero-order chi connectivity index (χ0) is 14.3. The Hall–Kier alpha value is -1.56. The molecule has 0 spiro atoms. The van der Waals surface area contributed by atoms with Crippen molar-refractivity contribution < 1.29 is 14.7 Å². The van der Waals surface area contributed by atoms with Crippen molar-refractivity contribution in [2.75, 3.05) is 0 Å². The number of rotatable bonds is 8. The number of hydrogen-bond acceptors (Lipinski definition) is 4. The van der Waals surface area contributed by atoms with E-state index in [9.17, 15) is 9.59 Å². The smallest absolute Gasteiger partial charge is 0.320 e. The lowest BCUT2D eigenvalue weighted by Crippen LogP contribution is -2.50. The van der Waals surface area contributed by atoms with Gasteiger partial charge < -0.3 is 16.6 Å². The largest absolute Gasteiger partial charge is 0.480 e. The first-order chi connectivity index (χ1) is 8.27. The van der Waals surface area contributed by atoms with Gasteiger partial charge in [0.2, 0.25) is 5.91 Å². The molecule has 18 heavy (non-hydrogen) atoms. The number of hydrogen-bond donors (Lipinski definition) is 4. The molecule has 0 aliphatic heterocycles. The van der Waals surface area contributed by atoms with Crippen LogP contribution in [0, 0.1) is 5.92 Å². The third kappa shape index (κ3) is 6.24. The van der Waals surface area contributed by atoms with E-state index in [-0.39, 0.29) is 5.92 Å². The van der Waals surface area contributed by atoms with Crippen LogP contribution in [0.15, 0.2) is 11.8 Å². The zero-order valence-corrected chi connectivity index (χ0v) is 11.1. The second kappa shape index (κ2) is 7.71. The molecule has 6 heteroatoms. The van der Waals surface area contributed by atoms with Crippen LogP contribution in [0.3, 0.4) is 0 Å². The summed E-state index contributed by atoms with van der Waals surface area (Å²) < 4.78 is 0. The monoisotopic (exact) mass is 257 g/mol. The van der Waals surface area contributed by atoms with E-state index >= 15 is 0 Å². The Morgan fingerprint density at radius 1 is 1.33 bits per heavy atom. The minimum Gasteiger partial charge on any atom is -0.480 e. The van der Waals surface area contributed by atoms with Gasteiger partial charge in [0.25, 0.3) is 0 Å². The van der Waals surface area contributed by atoms with E-state index in [1.54, 1.807) is 6.92 Å². The van der Waals surface area contributed by atoms with Gasteiger partial charge in [-0.15, -0.1) is 0 Å². The fourth-order valence-electron chi connectivity index (χ4n) is 1.59. The molecule has 0 rings (SSSR count). The predicted octanol–water partition coefficient (Wildman–Crippen LogP) is 0.182. The lowest BCUT2D eigenvalue weighted by atomic mass is 10.0. The van der Waals surface area contributed by atoms with Crippen molar-refractivity contribution in [2.24, 2.45) is 17.4 Å². The quantitative estimate of drug-likeness (QED) is 0.494. The molecule has 2 atom stereocenters. The molecule has 0 saturated heterocycles. The van der Waals surface area contributed by atoms with Crippen molar-refractivity contribution in [3.63, 3.8) is 0 Å². The predicted molar refractivity (Wildman–Crippen MR) is 69.6 cm³/mol. The van der Waals surface area contributed by atoms with E-state index in [4.69, 9.17) is 16.6 Å². The molecule has 0 aromatic rings. The summed E-state index contributed by atoms with van der Waals surface area (Å²) in [7, 11) is 0. The Bertz CT molecular complexity index is 327. The molecule has 0 aromatic carbocycles. The maximum Gasteiger partial charge on any atom is 0.320 e. The molecule has 0 radical (unpaired) electrons. The molecule has 6 N–H and O–H groups in total. The van der Waals surface area contributed by atoms with Gasteiger partial charge in [0.1, 0.15) is 6.04 Å². The van der Waals surface area contributed by atoms with E-state index in [1.165, 1.54) is 6.20 Å². The topological polar surface area (TPSA) is 118 Å². The molecule has 104 valence electrons. The maximum atomic E-state index is 11.3. The third-order valence-corrected chi connectivity index (χ3v) is 2.56. The number of aliphatic carboxylic acids is 1. The molecule has 0 aliphatic carbocycles. The normalized spacial score (nSPS) is 15.4. The van der Waals surface area contributed by atoms with Crippen LogP contribution in [0.1, 0.15) is 33.6 Å². The minimum absolute atomic E-state index is 0.207. The highest BCUT2D eigenvalue weighted by molar-refractivity contribution is 5.81. The highest BCUT2D eigenvalue weighted by Gasteiger charge is 2.25. The SMILES string of the molecule is C/C(=C\N)C[C@H](NC(CC(C)C)C(=O)O)C(N)=O. The summed E-state index contributed by atoms with van der Waals surface area (Å²) in [5.74, 6) is -1.35. The van der Waals surface area contributed by atoms with Crippen LogP contribution in [0.25, 0.3) is 0 Å². The van der Waals surface area contributed by atoms with Gasteiger partial charge in [-0.3, -0.25) is 14.9 Å². The van der Waals surface area contributed by atoms with Crippen molar-refractivity contribution in [3.8, 4) is 0 Å². The van der Waals surface area contributed by atoms with Crippen molar-refractivity contribution in [1.82, 2.24) is 5.32 Å². The fraction of sp³-hybridized carbons (Fsp3) is 0.667. The van der Waals surface area contributed by atoms with E-state index in [2.05, 4.69) is 5.32 Å². The Balaban J connectivity index is 4.71. The molecule has 0 aliphatic rings. The number of nitrogens with two attached hydrogens (primary N) is 2. The van der Waals surface area contributed by atoms with Gasteiger partial charge in [-0.2, -0.15) is 0 Å². The molecule has 0 bridgehead atoms. The van der Waals surface area contributed by atoms with Gasteiger partial charge in [-0.1, -0.05) is 19.4 Å². The highest BCUT2D eigenvalue weighted by Crippen LogP contribution is 2.09. The van der Waals surface area contributed by atoms with Crippen LogP contribution >= 0.6 is 0 Å². The molecule has 0 heterocycles. The van der Waals surface area contributed by atoms with Crippen molar-refractivity contribution in [3.05, 3.63) is 11.8 Å². The lowest BCUT2D eigenvalue weighted by Gasteiger charge is -2.22. The maximum absolute atomic E-state index is 11.3. The van der Waals surface area contributed by atoms with E-state index in [1.807, 2.05) is 13.8 Å². The Labute approximate surface area is 107 Å². The summed E-state index contributed by atoms with van der Waals surface area (Å²) in [4.78, 5) is 22.4. The van der Waals surface area contributed by atoms with Crippen LogP contribution in [0.4, 0.5) is 0 Å². The van der Waals surface area contributed by atoms with Crippen LogP contribution in [0.5, 0.6) is 0 Å². The minimum atomic E-state index is -0.982. The van der Waals surface area contributed by atoms with Crippen LogP contribution < -0.4 is 16.8 Å². The second-order valence-electron chi connectivity index (χ2n) is 4.86. The summed E-state index contributed by atoms with van der Waals surface area (Å²) in [6.07, 6.45) is 2.13. The molecule has 0 fully saturated rings. The molecule has 6 nitrogen and oxygen atoms in total. The lowest BCUT2D eigenvalue weighted by molar-refractivity contribution is -0.140. The molecular weight excluding hydrogens is 234 g/mol. The summed E-state index contributed by atoms with van der Waals surface area (Å²) in [5.41, 5.74) is 11.4. The molecular formula is C12H23N3O3. The number of carboxylic acids is 1. The first kappa shape index (κ1) is 16.4. The molecule has 0 saturated carbocycles. The number of carboxylic acid groups (broad SMARTS) is 1. The Morgan fingerprint density at radius 3 is 2.22 bits per heavy atom. The molecule has 1 amide bonds. The first-order valence-corrected chi connectivity index (χ1v) is 5.93. The van der Waals surface area contributed by atoms with Gasteiger partial charge in [0.05, 0.1) is 6.04 Å². The number of nitrogens with one attached hydrogen (secondary N) is 1. The summed E-state index contributed by atoms with van der Waals surface area (Å²) in [6, 6.07) is -1.50. The molecule has 1 unspecified atom stereocenters. The van der Waals surface area contributed by atoms with Crippen molar-refractivity contribution in [1.29, 1.82) is 0 Å². The number of primary amides is 1. The van der Waals surface area contributed by atoms with Crippen LogP contribution in [-0.2, 0) is 9.59 Å². The van der Waals surface area contributed by atoms with Gasteiger partial charge in [0, 0.05) is 0 Å². The number of amides is 1. The standard InChI is InChI=1S/C12H23N3O3/c1-7(2)4-10(12(17)18)15-9(11(14)16)5-8(3)6-13/h6-7,9-10,15H,4-5,13H2,1-3H3,(H2,14,16)(H,17,18)/b8-6+/t9-,10?/m0/s1. The second-order valence-corrected chi connectivity index (χ2v) is 4.86. The van der Waals surface area contributed by atoms with Gasteiger partial charge in [-0.05, 0) is 31.9 Å². The summed E-state index contributed by atoms with van der Waals surface area (Å²) in [6.45, 7) is 5.60. The fourth-order valence-corrected chi connectivity index (χ4v) is 1.59. The highest BCUT2D eigenvalue weighted by atomic mass is 16.4. The third-order valence-electron chi connectivity index (χ3n) is 2.56. The van der Waals surface area contributed by atoms with E-state index < -0.39 is 24.0 Å². The summed E-state index contributed by atoms with van der Waals surface area (Å²) >= 11 is 0. The zero-order valence-electron chi connectivity index (χ0n) is 11.1. The van der Waals surface area contributed by atoms with Gasteiger partial charge in [0.15, 0.2) is 0 Å². The van der Waals surface area contributed by atoms with Crippen molar-refractivity contribution >= 4 is 11.9 Å². The Kier molecular flexibility index (Phi) is 7.04. The van der Waals surface area contributed by atoms with Crippen LogP contribution in [0.2, 0.25) is 0 Å².